The highest BCUT2D eigenvalue weighted by atomic mass is 35.5. The average molecular weight is 545 g/mol. The fourth-order valence-electron chi connectivity index (χ4n) is 4.45. The largest absolute Gasteiger partial charge is 0.475 e. The summed E-state index contributed by atoms with van der Waals surface area (Å²) in [5.41, 5.74) is 7.10. The van der Waals surface area contributed by atoms with Crippen LogP contribution < -0.4 is 21.1 Å². The maximum absolute atomic E-state index is 12.5. The molecule has 0 spiro atoms. The monoisotopic (exact) mass is 544 g/mol. The zero-order valence-corrected chi connectivity index (χ0v) is 21.1. The van der Waals surface area contributed by atoms with E-state index in [9.17, 15) is 18.3 Å². The number of nitrogens with zero attached hydrogens (tertiary/aromatic N) is 3. The third kappa shape index (κ3) is 7.87. The number of hydrogen-bond acceptors (Lipinski definition) is 9. The van der Waals surface area contributed by atoms with Gasteiger partial charge in [-0.3, -0.25) is 4.98 Å². The van der Waals surface area contributed by atoms with Gasteiger partial charge in [-0.25, -0.2) is 9.97 Å². The molecule has 9 nitrogen and oxygen atoms in total. The molecule has 1 aliphatic heterocycles. The molecule has 0 aromatic carbocycles. The van der Waals surface area contributed by atoms with Crippen molar-refractivity contribution in [2.45, 2.75) is 68.4 Å². The molecule has 0 amide bonds. The number of nitrogens with one attached hydrogen (secondary N) is 2. The Labute approximate surface area is 218 Å². The van der Waals surface area contributed by atoms with Crippen LogP contribution in [0.15, 0.2) is 24.7 Å². The number of alkyl halides is 3. The van der Waals surface area contributed by atoms with Gasteiger partial charge in [0, 0.05) is 43.6 Å². The number of hydrogen-bond donors (Lipinski definition) is 4. The van der Waals surface area contributed by atoms with Crippen LogP contribution in [-0.2, 0) is 4.74 Å². The number of anilines is 1. The molecule has 204 valence electrons. The lowest BCUT2D eigenvalue weighted by Crippen LogP contribution is -2.49. The highest BCUT2D eigenvalue weighted by Crippen LogP contribution is 2.30. The second-order valence-corrected chi connectivity index (χ2v) is 10.1. The Morgan fingerprint density at radius 3 is 2.57 bits per heavy atom. The van der Waals surface area contributed by atoms with E-state index in [2.05, 4.69) is 25.6 Å². The fraction of sp³-hybridized carbons (Fsp3) is 0.625. The van der Waals surface area contributed by atoms with Gasteiger partial charge in [0.2, 0.25) is 5.88 Å². The maximum atomic E-state index is 12.5. The number of pyridine rings is 1. The molecule has 5 N–H and O–H groups in total. The van der Waals surface area contributed by atoms with Crippen molar-refractivity contribution in [3.05, 3.63) is 29.7 Å². The number of halogens is 4. The molecule has 0 bridgehead atoms. The second-order valence-electron chi connectivity index (χ2n) is 9.71. The van der Waals surface area contributed by atoms with Gasteiger partial charge in [0.05, 0.1) is 28.6 Å². The highest BCUT2D eigenvalue weighted by Gasteiger charge is 2.38. The molecular formula is C24H32ClF3N6O3. The first kappa shape index (κ1) is 27.8. The summed E-state index contributed by atoms with van der Waals surface area (Å²) in [5, 5.41) is 15.8. The van der Waals surface area contributed by atoms with E-state index in [4.69, 9.17) is 26.8 Å². The van der Waals surface area contributed by atoms with Crippen molar-refractivity contribution in [3.63, 3.8) is 0 Å². The number of aromatic nitrogens is 3. The summed E-state index contributed by atoms with van der Waals surface area (Å²) in [6.45, 7) is 1.01. The topological polar surface area (TPSA) is 127 Å². The molecule has 4 rings (SSSR count). The first-order chi connectivity index (χ1) is 17.6. The Morgan fingerprint density at radius 1 is 1.16 bits per heavy atom. The third-order valence-electron chi connectivity index (χ3n) is 6.80. The average Bonchev–Trinajstić information content (AvgIpc) is 2.88. The highest BCUT2D eigenvalue weighted by molar-refractivity contribution is 6.33. The quantitative estimate of drug-likeness (QED) is 0.376. The van der Waals surface area contributed by atoms with E-state index in [1.807, 2.05) is 0 Å². The summed E-state index contributed by atoms with van der Waals surface area (Å²) >= 11 is 6.42. The molecule has 1 atom stereocenters. The molecule has 2 aromatic heterocycles. The minimum Gasteiger partial charge on any atom is -0.475 e. The minimum absolute atomic E-state index is 0.0735. The van der Waals surface area contributed by atoms with Crippen LogP contribution in [0, 0.1) is 0 Å². The summed E-state index contributed by atoms with van der Waals surface area (Å²) in [6.07, 6.45) is 1.96. The van der Waals surface area contributed by atoms with Gasteiger partial charge in [0.1, 0.15) is 12.4 Å². The lowest BCUT2D eigenvalue weighted by molar-refractivity contribution is -0.202. The zero-order chi connectivity index (χ0) is 26.5. The van der Waals surface area contributed by atoms with Gasteiger partial charge in [-0.05, 0) is 44.6 Å². The molecule has 37 heavy (non-hydrogen) atoms. The molecule has 2 aliphatic rings. The van der Waals surface area contributed by atoms with Crippen LogP contribution in [0.1, 0.15) is 38.5 Å². The van der Waals surface area contributed by atoms with Crippen molar-refractivity contribution in [1.82, 2.24) is 20.3 Å². The Balaban J connectivity index is 1.33. The molecule has 1 aliphatic carbocycles. The van der Waals surface area contributed by atoms with Gasteiger partial charge in [-0.2, -0.15) is 13.2 Å². The van der Waals surface area contributed by atoms with Crippen LogP contribution in [0.4, 0.5) is 19.0 Å². The van der Waals surface area contributed by atoms with Crippen molar-refractivity contribution in [1.29, 1.82) is 0 Å². The van der Waals surface area contributed by atoms with Crippen LogP contribution in [0.3, 0.4) is 0 Å². The van der Waals surface area contributed by atoms with E-state index >= 15 is 0 Å². The normalized spacial score (nSPS) is 22.9. The number of aliphatic hydroxyl groups excluding tert-OH is 1. The molecule has 0 radical (unpaired) electrons. The first-order valence-corrected chi connectivity index (χ1v) is 12.7. The lowest BCUT2D eigenvalue weighted by atomic mass is 9.91. The molecular weight excluding hydrogens is 513 g/mol. The van der Waals surface area contributed by atoms with E-state index in [0.29, 0.717) is 73.5 Å². The summed E-state index contributed by atoms with van der Waals surface area (Å²) in [7, 11) is 0. The van der Waals surface area contributed by atoms with Gasteiger partial charge < -0.3 is 30.9 Å². The van der Waals surface area contributed by atoms with E-state index in [-0.39, 0.29) is 12.1 Å². The summed E-state index contributed by atoms with van der Waals surface area (Å²) in [6, 6.07) is 1.83. The Morgan fingerprint density at radius 2 is 1.86 bits per heavy atom. The van der Waals surface area contributed by atoms with Gasteiger partial charge in [-0.15, -0.1) is 0 Å². The molecule has 1 saturated carbocycles. The van der Waals surface area contributed by atoms with Crippen molar-refractivity contribution in [3.8, 4) is 17.1 Å². The number of aliphatic hydroxyl groups is 1. The van der Waals surface area contributed by atoms with Crippen LogP contribution in [0.2, 0.25) is 5.02 Å². The van der Waals surface area contributed by atoms with E-state index in [0.717, 1.165) is 12.8 Å². The lowest BCUT2D eigenvalue weighted by Gasteiger charge is -2.32. The standard InChI is InChI=1S/C24H32ClF3N6O3/c25-18-10-32-21(33-16-3-1-15(2-4-16)31-12-20(35)24(26,27)28)9-17(18)19-11-30-13-22(34-19)37-14-23(29)5-7-36-8-6-23/h9-11,13,15-16,20,31,35H,1-8,12,14,29H2,(H,32,33)/t15-,16-,20-/m0/s1. The molecule has 2 aromatic rings. The van der Waals surface area contributed by atoms with Crippen LogP contribution >= 0.6 is 11.6 Å². The predicted molar refractivity (Wildman–Crippen MR) is 132 cm³/mol. The van der Waals surface area contributed by atoms with E-state index < -0.39 is 24.4 Å². The second kappa shape index (κ2) is 12.1. The molecule has 3 heterocycles. The summed E-state index contributed by atoms with van der Waals surface area (Å²) < 4.78 is 48.7. The fourth-order valence-corrected chi connectivity index (χ4v) is 4.65. The van der Waals surface area contributed by atoms with Gasteiger partial charge >= 0.3 is 6.18 Å². The number of nitrogens with two attached hydrogens (primary N) is 1. The molecule has 0 unspecified atom stereocenters. The van der Waals surface area contributed by atoms with Crippen molar-refractivity contribution >= 4 is 17.4 Å². The Bertz CT molecular complexity index is 1030. The predicted octanol–water partition coefficient (Wildman–Crippen LogP) is 3.31. The maximum Gasteiger partial charge on any atom is 0.415 e. The summed E-state index contributed by atoms with van der Waals surface area (Å²) in [5.74, 6) is 0.956. The van der Waals surface area contributed by atoms with Crippen LogP contribution in [0.5, 0.6) is 5.88 Å². The SMILES string of the molecule is NC1(COc2cncc(-c3cc(N[C@H]4CC[C@H](NC[C@H](O)C(F)(F)F)CC4)ncc3Cl)n2)CCOCC1. The smallest absolute Gasteiger partial charge is 0.415 e. The summed E-state index contributed by atoms with van der Waals surface area (Å²) in [4.78, 5) is 13.2. The Hall–Kier alpha value is -2.25. The van der Waals surface area contributed by atoms with Crippen LogP contribution in [0.25, 0.3) is 11.3 Å². The molecule has 2 fully saturated rings. The van der Waals surface area contributed by atoms with Crippen molar-refractivity contribution < 1.29 is 27.8 Å². The zero-order valence-electron chi connectivity index (χ0n) is 20.3. The van der Waals surface area contributed by atoms with E-state index in [1.54, 1.807) is 12.3 Å². The minimum atomic E-state index is -4.61. The van der Waals surface area contributed by atoms with Crippen molar-refractivity contribution in [2.75, 3.05) is 31.7 Å². The van der Waals surface area contributed by atoms with Crippen LogP contribution in [-0.4, -0.2) is 76.3 Å². The molecule has 1 saturated heterocycles. The first-order valence-electron chi connectivity index (χ1n) is 12.3. The van der Waals surface area contributed by atoms with Gasteiger partial charge in [-0.1, -0.05) is 11.6 Å². The number of rotatable bonds is 9. The van der Waals surface area contributed by atoms with Gasteiger partial charge in [0.25, 0.3) is 0 Å². The van der Waals surface area contributed by atoms with Crippen molar-refractivity contribution in [2.24, 2.45) is 5.73 Å². The molecule has 13 heteroatoms. The number of ether oxygens (including phenoxy) is 2. The Kier molecular flexibility index (Phi) is 9.07. The van der Waals surface area contributed by atoms with E-state index in [1.165, 1.54) is 12.4 Å². The van der Waals surface area contributed by atoms with Gasteiger partial charge in [0.15, 0.2) is 6.10 Å². The third-order valence-corrected chi connectivity index (χ3v) is 7.10.